The first-order valence-corrected chi connectivity index (χ1v) is 7.59. The number of phenolic OH excluding ortho intramolecular Hbond substituents is 2. The zero-order valence-electron chi connectivity index (χ0n) is 12.0. The Kier molecular flexibility index (Phi) is 4.07. The maximum atomic E-state index is 12.1. The van der Waals surface area contributed by atoms with Gasteiger partial charge in [0.25, 0.3) is 11.1 Å². The molecule has 0 atom stereocenters. The molecule has 2 N–H and O–H groups in total. The lowest BCUT2D eigenvalue weighted by molar-refractivity contribution is 0.102. The van der Waals surface area contributed by atoms with Gasteiger partial charge in [-0.1, -0.05) is 11.8 Å². The number of hydrogen-bond donors (Lipinski definition) is 2. The summed E-state index contributed by atoms with van der Waals surface area (Å²) in [5.41, 5.74) is 0.998. The molecule has 7 nitrogen and oxygen atoms in total. The van der Waals surface area contributed by atoms with Gasteiger partial charge in [-0.15, -0.1) is 10.2 Å². The van der Waals surface area contributed by atoms with E-state index in [2.05, 4.69) is 10.2 Å². The largest absolute Gasteiger partial charge is 0.504 e. The minimum atomic E-state index is -0.337. The van der Waals surface area contributed by atoms with Crippen molar-refractivity contribution < 1.29 is 23.8 Å². The van der Waals surface area contributed by atoms with Gasteiger partial charge in [0.2, 0.25) is 0 Å². The number of rotatable bonds is 5. The van der Waals surface area contributed by atoms with E-state index in [0.717, 1.165) is 11.8 Å². The summed E-state index contributed by atoms with van der Waals surface area (Å²) in [4.78, 5) is 12.1. The van der Waals surface area contributed by atoms with Crippen LogP contribution in [0.5, 0.6) is 11.5 Å². The van der Waals surface area contributed by atoms with Crippen LogP contribution < -0.4 is 0 Å². The highest BCUT2D eigenvalue weighted by Crippen LogP contribution is 2.28. The number of aromatic hydroxyl groups is 2. The molecule has 0 unspecified atom stereocenters. The summed E-state index contributed by atoms with van der Waals surface area (Å²) in [5.74, 6) is 0.220. The normalized spacial score (nSPS) is 10.8. The molecule has 0 saturated carbocycles. The van der Waals surface area contributed by atoms with E-state index in [0.29, 0.717) is 22.8 Å². The molecule has 0 fully saturated rings. The van der Waals surface area contributed by atoms with E-state index >= 15 is 0 Å². The molecular formula is C15H12N2O5S. The molecule has 0 bridgehead atoms. The van der Waals surface area contributed by atoms with Gasteiger partial charge in [-0.3, -0.25) is 4.79 Å². The third kappa shape index (κ3) is 3.21. The van der Waals surface area contributed by atoms with Crippen molar-refractivity contribution in [3.05, 3.63) is 41.9 Å². The van der Waals surface area contributed by atoms with E-state index < -0.39 is 0 Å². The van der Waals surface area contributed by atoms with Gasteiger partial charge in [0.1, 0.15) is 5.76 Å². The summed E-state index contributed by atoms with van der Waals surface area (Å²) in [6.45, 7) is 1.78. The first-order chi connectivity index (χ1) is 11.0. The quantitative estimate of drug-likeness (QED) is 0.417. The highest BCUT2D eigenvalue weighted by atomic mass is 32.2. The molecule has 2 aromatic heterocycles. The van der Waals surface area contributed by atoms with Crippen molar-refractivity contribution in [2.75, 3.05) is 5.75 Å². The Morgan fingerprint density at radius 1 is 1.22 bits per heavy atom. The van der Waals surface area contributed by atoms with Crippen LogP contribution in [0.15, 0.2) is 44.6 Å². The van der Waals surface area contributed by atoms with Gasteiger partial charge in [-0.25, -0.2) is 0 Å². The third-order valence-corrected chi connectivity index (χ3v) is 3.94. The highest BCUT2D eigenvalue weighted by molar-refractivity contribution is 7.99. The van der Waals surface area contributed by atoms with Crippen LogP contribution in [0, 0.1) is 6.92 Å². The lowest BCUT2D eigenvalue weighted by Gasteiger charge is -2.01. The van der Waals surface area contributed by atoms with Gasteiger partial charge in [-0.2, -0.15) is 0 Å². The number of hydrogen-bond acceptors (Lipinski definition) is 8. The number of ketones is 1. The SMILES string of the molecule is Cc1occc1-c1nnc(SCC(=O)c2ccc(O)c(O)c2)o1. The molecule has 0 aliphatic carbocycles. The van der Waals surface area contributed by atoms with Gasteiger partial charge in [-0.05, 0) is 31.2 Å². The topological polar surface area (TPSA) is 110 Å². The van der Waals surface area contributed by atoms with Crippen molar-refractivity contribution in [2.24, 2.45) is 0 Å². The average molecular weight is 332 g/mol. The molecular weight excluding hydrogens is 320 g/mol. The van der Waals surface area contributed by atoms with Gasteiger partial charge in [0.05, 0.1) is 17.6 Å². The van der Waals surface area contributed by atoms with Gasteiger partial charge in [0, 0.05) is 5.56 Å². The standard InChI is InChI=1S/C15H12N2O5S/c1-8-10(4-5-21-8)14-16-17-15(22-14)23-7-13(20)9-2-3-11(18)12(19)6-9/h2-6,18-19H,7H2,1H3. The minimum Gasteiger partial charge on any atom is -0.504 e. The molecule has 23 heavy (non-hydrogen) atoms. The second-order valence-corrected chi connectivity index (χ2v) is 5.61. The lowest BCUT2D eigenvalue weighted by atomic mass is 10.1. The van der Waals surface area contributed by atoms with Crippen molar-refractivity contribution in [3.63, 3.8) is 0 Å². The molecule has 8 heteroatoms. The molecule has 118 valence electrons. The number of furan rings is 1. The summed E-state index contributed by atoms with van der Waals surface area (Å²) in [7, 11) is 0. The smallest absolute Gasteiger partial charge is 0.277 e. The Morgan fingerprint density at radius 3 is 2.74 bits per heavy atom. The average Bonchev–Trinajstić information content (AvgIpc) is 3.16. The summed E-state index contributed by atoms with van der Waals surface area (Å²) < 4.78 is 10.6. The van der Waals surface area contributed by atoms with Crippen LogP contribution in [0.4, 0.5) is 0 Å². The number of phenols is 2. The number of aromatic nitrogens is 2. The Morgan fingerprint density at radius 2 is 2.04 bits per heavy atom. The summed E-state index contributed by atoms with van der Waals surface area (Å²) >= 11 is 1.09. The fraction of sp³-hybridized carbons (Fsp3) is 0.133. The molecule has 0 aliphatic rings. The van der Waals surface area contributed by atoms with Crippen molar-refractivity contribution in [1.29, 1.82) is 0 Å². The van der Waals surface area contributed by atoms with Crippen LogP contribution in [0.3, 0.4) is 0 Å². The van der Waals surface area contributed by atoms with E-state index in [1.54, 1.807) is 13.0 Å². The van der Waals surface area contributed by atoms with Crippen molar-refractivity contribution in [1.82, 2.24) is 10.2 Å². The van der Waals surface area contributed by atoms with Crippen molar-refractivity contribution >= 4 is 17.5 Å². The number of nitrogens with zero attached hydrogens (tertiary/aromatic N) is 2. The van der Waals surface area contributed by atoms with Crippen LogP contribution in [-0.2, 0) is 0 Å². The Bertz CT molecular complexity index is 855. The van der Waals surface area contributed by atoms with Crippen molar-refractivity contribution in [2.45, 2.75) is 12.1 Å². The van der Waals surface area contributed by atoms with Crippen LogP contribution in [0.25, 0.3) is 11.5 Å². The fourth-order valence-electron chi connectivity index (χ4n) is 1.89. The maximum absolute atomic E-state index is 12.1. The molecule has 3 rings (SSSR count). The molecule has 0 aliphatic heterocycles. The third-order valence-electron chi connectivity index (χ3n) is 3.12. The highest BCUT2D eigenvalue weighted by Gasteiger charge is 2.15. The first kappa shape index (κ1) is 15.2. The van der Waals surface area contributed by atoms with Gasteiger partial charge < -0.3 is 19.0 Å². The second-order valence-electron chi connectivity index (χ2n) is 4.68. The predicted octanol–water partition coefficient (Wildman–Crippen LogP) is 3.02. The molecule has 0 spiro atoms. The zero-order valence-corrected chi connectivity index (χ0v) is 12.8. The van der Waals surface area contributed by atoms with Crippen LogP contribution in [0.2, 0.25) is 0 Å². The molecule has 0 saturated heterocycles. The van der Waals surface area contributed by atoms with Crippen LogP contribution in [0.1, 0.15) is 16.1 Å². The van der Waals surface area contributed by atoms with E-state index in [1.165, 1.54) is 24.5 Å². The Balaban J connectivity index is 1.66. The van der Waals surface area contributed by atoms with Crippen LogP contribution in [-0.4, -0.2) is 31.9 Å². The second kappa shape index (κ2) is 6.17. The number of Topliss-reactive ketones (excluding diaryl/α,β-unsaturated/α-hetero) is 1. The van der Waals surface area contributed by atoms with E-state index in [1.807, 2.05) is 0 Å². The van der Waals surface area contributed by atoms with Crippen molar-refractivity contribution in [3.8, 4) is 23.0 Å². The maximum Gasteiger partial charge on any atom is 0.277 e. The molecule has 0 radical (unpaired) electrons. The first-order valence-electron chi connectivity index (χ1n) is 6.60. The van der Waals surface area contributed by atoms with E-state index in [9.17, 15) is 15.0 Å². The Hall–Kier alpha value is -2.74. The Labute approximate surface area is 135 Å². The van der Waals surface area contributed by atoms with E-state index in [4.69, 9.17) is 8.83 Å². The van der Waals surface area contributed by atoms with Crippen LogP contribution >= 0.6 is 11.8 Å². The number of carbonyl (C=O) groups is 1. The predicted molar refractivity (Wildman–Crippen MR) is 81.6 cm³/mol. The summed E-state index contributed by atoms with van der Waals surface area (Å²) in [6.07, 6.45) is 1.53. The lowest BCUT2D eigenvalue weighted by Crippen LogP contribution is -2.01. The van der Waals surface area contributed by atoms with Gasteiger partial charge >= 0.3 is 0 Å². The molecule has 1 aromatic carbocycles. The number of thioether (sulfide) groups is 1. The number of aryl methyl sites for hydroxylation is 1. The minimum absolute atomic E-state index is 0.0657. The number of benzene rings is 1. The summed E-state index contributed by atoms with van der Waals surface area (Å²) in [5, 5.41) is 26.7. The summed E-state index contributed by atoms with van der Waals surface area (Å²) in [6, 6.07) is 5.64. The fourth-order valence-corrected chi connectivity index (χ4v) is 2.55. The van der Waals surface area contributed by atoms with E-state index in [-0.39, 0.29) is 28.3 Å². The zero-order chi connectivity index (χ0) is 16.4. The van der Waals surface area contributed by atoms with Gasteiger partial charge in [0.15, 0.2) is 17.3 Å². The molecule has 2 heterocycles. The monoisotopic (exact) mass is 332 g/mol. The number of carbonyl (C=O) groups excluding carboxylic acids is 1. The molecule has 0 amide bonds. The molecule has 3 aromatic rings.